The number of amides is 1. The SMILES string of the molecule is CCC[C@H](N)C(=O)N(CC)C(C)CC. The molecule has 0 rings (SSSR count). The minimum absolute atomic E-state index is 0.101. The zero-order valence-corrected chi connectivity index (χ0v) is 9.92. The Kier molecular flexibility index (Phi) is 6.54. The lowest BCUT2D eigenvalue weighted by atomic mass is 10.1. The summed E-state index contributed by atoms with van der Waals surface area (Å²) in [5.41, 5.74) is 5.81. The van der Waals surface area contributed by atoms with Crippen molar-refractivity contribution in [3.05, 3.63) is 0 Å². The van der Waals surface area contributed by atoms with Crippen LogP contribution >= 0.6 is 0 Å². The highest BCUT2D eigenvalue weighted by molar-refractivity contribution is 5.81. The molecule has 3 heteroatoms. The molecule has 0 aromatic heterocycles. The molecule has 2 atom stereocenters. The zero-order valence-electron chi connectivity index (χ0n) is 9.92. The van der Waals surface area contributed by atoms with E-state index in [9.17, 15) is 4.79 Å². The van der Waals surface area contributed by atoms with Crippen LogP contribution in [0.2, 0.25) is 0 Å². The Hall–Kier alpha value is -0.570. The minimum Gasteiger partial charge on any atom is -0.339 e. The monoisotopic (exact) mass is 200 g/mol. The fraction of sp³-hybridized carbons (Fsp3) is 0.909. The summed E-state index contributed by atoms with van der Waals surface area (Å²) >= 11 is 0. The first-order chi connectivity index (χ1) is 6.58. The number of nitrogens with zero attached hydrogens (tertiary/aromatic N) is 1. The van der Waals surface area contributed by atoms with Crippen molar-refractivity contribution in [1.29, 1.82) is 0 Å². The predicted octanol–water partition coefficient (Wildman–Crippen LogP) is 1.76. The molecular formula is C11H24N2O. The summed E-state index contributed by atoms with van der Waals surface area (Å²) in [4.78, 5) is 13.7. The van der Waals surface area contributed by atoms with Crippen LogP contribution in [-0.4, -0.2) is 29.4 Å². The highest BCUT2D eigenvalue weighted by Crippen LogP contribution is 2.07. The smallest absolute Gasteiger partial charge is 0.239 e. The van der Waals surface area contributed by atoms with Crippen LogP contribution in [0.1, 0.15) is 47.0 Å². The van der Waals surface area contributed by atoms with Gasteiger partial charge in [0.25, 0.3) is 0 Å². The Bertz CT molecular complexity index is 171. The van der Waals surface area contributed by atoms with Crippen molar-refractivity contribution in [3.8, 4) is 0 Å². The van der Waals surface area contributed by atoms with Gasteiger partial charge in [0.1, 0.15) is 0 Å². The van der Waals surface area contributed by atoms with E-state index in [-0.39, 0.29) is 11.9 Å². The van der Waals surface area contributed by atoms with Gasteiger partial charge in [-0.15, -0.1) is 0 Å². The van der Waals surface area contributed by atoms with Crippen LogP contribution in [0.15, 0.2) is 0 Å². The Balaban J connectivity index is 4.29. The molecule has 84 valence electrons. The molecule has 0 heterocycles. The minimum atomic E-state index is -0.311. The maximum atomic E-state index is 11.9. The molecule has 3 nitrogen and oxygen atoms in total. The summed E-state index contributed by atoms with van der Waals surface area (Å²) in [6.07, 6.45) is 2.73. The molecule has 0 spiro atoms. The molecule has 0 aliphatic heterocycles. The van der Waals surface area contributed by atoms with Gasteiger partial charge in [-0.25, -0.2) is 0 Å². The first-order valence-electron chi connectivity index (χ1n) is 5.64. The number of carbonyl (C=O) groups excluding carboxylic acids is 1. The number of carbonyl (C=O) groups is 1. The molecule has 1 amide bonds. The van der Waals surface area contributed by atoms with Crippen LogP contribution in [0.3, 0.4) is 0 Å². The maximum absolute atomic E-state index is 11.9. The molecule has 0 bridgehead atoms. The van der Waals surface area contributed by atoms with E-state index in [1.54, 1.807) is 0 Å². The molecule has 0 fully saturated rings. The number of likely N-dealkylation sites (N-methyl/N-ethyl adjacent to an activating group) is 1. The summed E-state index contributed by atoms with van der Waals surface area (Å²) < 4.78 is 0. The number of nitrogens with two attached hydrogens (primary N) is 1. The lowest BCUT2D eigenvalue weighted by molar-refractivity contribution is -0.134. The van der Waals surface area contributed by atoms with Crippen molar-refractivity contribution in [3.63, 3.8) is 0 Å². The molecule has 0 aliphatic rings. The van der Waals surface area contributed by atoms with E-state index in [0.717, 1.165) is 25.8 Å². The van der Waals surface area contributed by atoms with Crippen molar-refractivity contribution >= 4 is 5.91 Å². The molecule has 0 aromatic rings. The van der Waals surface area contributed by atoms with Gasteiger partial charge < -0.3 is 10.6 Å². The normalized spacial score (nSPS) is 14.9. The van der Waals surface area contributed by atoms with E-state index < -0.39 is 0 Å². The molecule has 0 saturated carbocycles. The summed E-state index contributed by atoms with van der Waals surface area (Å²) in [7, 11) is 0. The van der Waals surface area contributed by atoms with E-state index in [1.807, 2.05) is 18.7 Å². The number of hydrogen-bond donors (Lipinski definition) is 1. The Labute approximate surface area is 87.6 Å². The van der Waals surface area contributed by atoms with E-state index in [1.165, 1.54) is 0 Å². The van der Waals surface area contributed by atoms with Gasteiger partial charge in [-0.3, -0.25) is 4.79 Å². The largest absolute Gasteiger partial charge is 0.339 e. The number of rotatable bonds is 6. The molecule has 0 aliphatic carbocycles. The van der Waals surface area contributed by atoms with Crippen LogP contribution < -0.4 is 5.73 Å². The molecule has 2 N–H and O–H groups in total. The summed E-state index contributed by atoms with van der Waals surface area (Å²) in [5.74, 6) is 0.101. The molecule has 14 heavy (non-hydrogen) atoms. The van der Waals surface area contributed by atoms with Crippen molar-refractivity contribution in [2.45, 2.75) is 59.0 Å². The van der Waals surface area contributed by atoms with Crippen LogP contribution in [0.4, 0.5) is 0 Å². The summed E-state index contributed by atoms with van der Waals surface area (Å²) in [5, 5.41) is 0. The highest BCUT2D eigenvalue weighted by Gasteiger charge is 2.22. The average molecular weight is 200 g/mol. The van der Waals surface area contributed by atoms with Crippen molar-refractivity contribution in [2.24, 2.45) is 5.73 Å². The van der Waals surface area contributed by atoms with Gasteiger partial charge in [0.15, 0.2) is 0 Å². The van der Waals surface area contributed by atoms with Gasteiger partial charge in [0, 0.05) is 12.6 Å². The molecule has 1 unspecified atom stereocenters. The van der Waals surface area contributed by atoms with Gasteiger partial charge in [-0.1, -0.05) is 20.3 Å². The second-order valence-corrected chi connectivity index (χ2v) is 3.78. The Morgan fingerprint density at radius 1 is 1.36 bits per heavy atom. The Morgan fingerprint density at radius 3 is 2.29 bits per heavy atom. The van der Waals surface area contributed by atoms with Crippen molar-refractivity contribution in [2.75, 3.05) is 6.54 Å². The van der Waals surface area contributed by atoms with E-state index in [4.69, 9.17) is 5.73 Å². The molecule has 0 saturated heterocycles. The van der Waals surface area contributed by atoms with Crippen LogP contribution in [0.5, 0.6) is 0 Å². The zero-order chi connectivity index (χ0) is 11.1. The van der Waals surface area contributed by atoms with Crippen molar-refractivity contribution in [1.82, 2.24) is 4.90 Å². The van der Waals surface area contributed by atoms with Gasteiger partial charge in [0.2, 0.25) is 5.91 Å². The van der Waals surface area contributed by atoms with Gasteiger partial charge in [0.05, 0.1) is 6.04 Å². The van der Waals surface area contributed by atoms with E-state index in [2.05, 4.69) is 13.8 Å². The highest BCUT2D eigenvalue weighted by atomic mass is 16.2. The summed E-state index contributed by atoms with van der Waals surface area (Å²) in [6, 6.07) is -0.00986. The first-order valence-corrected chi connectivity index (χ1v) is 5.64. The lowest BCUT2D eigenvalue weighted by Gasteiger charge is -2.29. The van der Waals surface area contributed by atoms with Crippen LogP contribution in [0.25, 0.3) is 0 Å². The maximum Gasteiger partial charge on any atom is 0.239 e. The van der Waals surface area contributed by atoms with E-state index in [0.29, 0.717) is 6.04 Å². The average Bonchev–Trinajstić information content (AvgIpc) is 2.18. The third-order valence-corrected chi connectivity index (χ3v) is 2.66. The van der Waals surface area contributed by atoms with Crippen molar-refractivity contribution < 1.29 is 4.79 Å². The van der Waals surface area contributed by atoms with Gasteiger partial charge in [-0.05, 0) is 26.7 Å². The fourth-order valence-corrected chi connectivity index (χ4v) is 1.55. The second kappa shape index (κ2) is 6.82. The molecule has 0 radical (unpaired) electrons. The summed E-state index contributed by atoms with van der Waals surface area (Å²) in [6.45, 7) is 8.96. The first kappa shape index (κ1) is 13.4. The lowest BCUT2D eigenvalue weighted by Crippen LogP contribution is -2.47. The molecule has 0 aromatic carbocycles. The fourth-order valence-electron chi connectivity index (χ4n) is 1.55. The second-order valence-electron chi connectivity index (χ2n) is 3.78. The van der Waals surface area contributed by atoms with Gasteiger partial charge >= 0.3 is 0 Å². The van der Waals surface area contributed by atoms with Gasteiger partial charge in [-0.2, -0.15) is 0 Å². The standard InChI is InChI=1S/C11H24N2O/c1-5-8-10(12)11(14)13(7-3)9(4)6-2/h9-10H,5-8,12H2,1-4H3/t9?,10-/m0/s1. The van der Waals surface area contributed by atoms with Crippen LogP contribution in [-0.2, 0) is 4.79 Å². The topological polar surface area (TPSA) is 46.3 Å². The van der Waals surface area contributed by atoms with Crippen LogP contribution in [0, 0.1) is 0 Å². The third-order valence-electron chi connectivity index (χ3n) is 2.66. The third kappa shape index (κ3) is 3.66. The number of hydrogen-bond acceptors (Lipinski definition) is 2. The Morgan fingerprint density at radius 2 is 1.93 bits per heavy atom. The quantitative estimate of drug-likeness (QED) is 0.710. The predicted molar refractivity (Wildman–Crippen MR) is 60.0 cm³/mol. The van der Waals surface area contributed by atoms with E-state index >= 15 is 0 Å². The molecular weight excluding hydrogens is 176 g/mol.